The molecule has 0 bridgehead atoms. The average Bonchev–Trinajstić information content (AvgIpc) is 2.71. The summed E-state index contributed by atoms with van der Waals surface area (Å²) in [7, 11) is 2.01. The molecule has 1 heterocycles. The Balaban J connectivity index is 2.22. The maximum atomic E-state index is 13.7. The van der Waals surface area contributed by atoms with E-state index in [1.54, 1.807) is 12.1 Å². The second-order valence-corrected chi connectivity index (χ2v) is 4.18. The van der Waals surface area contributed by atoms with Crippen LogP contribution in [0.1, 0.15) is 0 Å². The van der Waals surface area contributed by atoms with Crippen molar-refractivity contribution in [3.05, 3.63) is 60.5 Å². The van der Waals surface area contributed by atoms with Crippen LogP contribution >= 0.6 is 0 Å². The largest absolute Gasteiger partial charge is 0.351 e. The molecule has 0 aliphatic rings. The second-order valence-electron chi connectivity index (χ2n) is 4.18. The molecule has 3 aromatic rings. The van der Waals surface area contributed by atoms with Crippen molar-refractivity contribution >= 4 is 10.9 Å². The van der Waals surface area contributed by atoms with Crippen LogP contribution in [-0.4, -0.2) is 4.57 Å². The minimum absolute atomic E-state index is 0.178. The molecule has 0 N–H and O–H groups in total. The Hall–Kier alpha value is -2.09. The summed E-state index contributed by atoms with van der Waals surface area (Å²) >= 11 is 0. The summed E-state index contributed by atoms with van der Waals surface area (Å²) in [5, 5.41) is 1.13. The monoisotopic (exact) mass is 225 g/mol. The highest BCUT2D eigenvalue weighted by atomic mass is 19.1. The number of hydrogen-bond donors (Lipinski definition) is 0. The number of rotatable bonds is 1. The molecular weight excluding hydrogens is 213 g/mol. The minimum Gasteiger partial charge on any atom is -0.351 e. The van der Waals surface area contributed by atoms with Gasteiger partial charge in [0.2, 0.25) is 0 Å². The smallest absolute Gasteiger partial charge is 0.131 e. The predicted octanol–water partition coefficient (Wildman–Crippen LogP) is 3.98. The third kappa shape index (κ3) is 1.62. The molecule has 84 valence electrons. The molecule has 0 aliphatic heterocycles. The van der Waals surface area contributed by atoms with Gasteiger partial charge >= 0.3 is 0 Å². The minimum atomic E-state index is -0.178. The summed E-state index contributed by atoms with van der Waals surface area (Å²) in [4.78, 5) is 0. The van der Waals surface area contributed by atoms with Crippen LogP contribution in [0, 0.1) is 5.82 Å². The van der Waals surface area contributed by atoms with E-state index in [0.717, 1.165) is 16.5 Å². The maximum absolute atomic E-state index is 13.7. The quantitative estimate of drug-likeness (QED) is 0.590. The Kier molecular flexibility index (Phi) is 2.22. The van der Waals surface area contributed by atoms with Crippen molar-refractivity contribution < 1.29 is 4.39 Å². The molecule has 2 aromatic carbocycles. The molecule has 0 fully saturated rings. The molecule has 0 saturated carbocycles. The van der Waals surface area contributed by atoms with Crippen molar-refractivity contribution in [1.29, 1.82) is 0 Å². The molecular formula is C15H12FN. The SMILES string of the molecule is Cn1ccc2cc(-c3ccccc3F)ccc21. The van der Waals surface area contributed by atoms with E-state index in [1.165, 1.54) is 6.07 Å². The first kappa shape index (κ1) is 10.1. The van der Waals surface area contributed by atoms with Crippen LogP contribution in [0.3, 0.4) is 0 Å². The van der Waals surface area contributed by atoms with Crippen molar-refractivity contribution in [1.82, 2.24) is 4.57 Å². The summed E-state index contributed by atoms with van der Waals surface area (Å²) in [6.07, 6.45) is 2.01. The van der Waals surface area contributed by atoms with Gasteiger partial charge < -0.3 is 4.57 Å². The molecule has 2 heteroatoms. The van der Waals surface area contributed by atoms with Gasteiger partial charge in [0, 0.05) is 29.7 Å². The molecule has 0 radical (unpaired) electrons. The van der Waals surface area contributed by atoms with Crippen LogP contribution in [0.4, 0.5) is 4.39 Å². The van der Waals surface area contributed by atoms with E-state index >= 15 is 0 Å². The lowest BCUT2D eigenvalue weighted by Crippen LogP contribution is -1.85. The second kappa shape index (κ2) is 3.74. The third-order valence-electron chi connectivity index (χ3n) is 3.07. The number of halogens is 1. The zero-order chi connectivity index (χ0) is 11.8. The van der Waals surface area contributed by atoms with Crippen molar-refractivity contribution in [2.75, 3.05) is 0 Å². The zero-order valence-corrected chi connectivity index (χ0v) is 9.52. The first-order valence-corrected chi connectivity index (χ1v) is 5.56. The van der Waals surface area contributed by atoms with Crippen LogP contribution in [0.25, 0.3) is 22.0 Å². The summed E-state index contributed by atoms with van der Waals surface area (Å²) in [6, 6.07) is 14.9. The van der Waals surface area contributed by atoms with Crippen LogP contribution in [0.2, 0.25) is 0 Å². The van der Waals surface area contributed by atoms with E-state index in [9.17, 15) is 4.39 Å². The van der Waals surface area contributed by atoms with Gasteiger partial charge in [-0.15, -0.1) is 0 Å². The van der Waals surface area contributed by atoms with Gasteiger partial charge in [0.25, 0.3) is 0 Å². The van der Waals surface area contributed by atoms with Crippen molar-refractivity contribution in [2.45, 2.75) is 0 Å². The lowest BCUT2D eigenvalue weighted by molar-refractivity contribution is 0.631. The zero-order valence-electron chi connectivity index (χ0n) is 9.52. The first-order valence-electron chi connectivity index (χ1n) is 5.56. The van der Waals surface area contributed by atoms with Gasteiger partial charge in [-0.1, -0.05) is 24.3 Å². The first-order chi connectivity index (χ1) is 8.25. The number of nitrogens with zero attached hydrogens (tertiary/aromatic N) is 1. The number of hydrogen-bond acceptors (Lipinski definition) is 0. The van der Waals surface area contributed by atoms with E-state index in [1.807, 2.05) is 43.6 Å². The third-order valence-corrected chi connectivity index (χ3v) is 3.07. The molecule has 0 saturated heterocycles. The van der Waals surface area contributed by atoms with Crippen molar-refractivity contribution in [3.63, 3.8) is 0 Å². The lowest BCUT2D eigenvalue weighted by Gasteiger charge is -2.04. The van der Waals surface area contributed by atoms with Crippen molar-refractivity contribution in [2.24, 2.45) is 7.05 Å². The maximum Gasteiger partial charge on any atom is 0.131 e. The van der Waals surface area contributed by atoms with Crippen LogP contribution in [0.5, 0.6) is 0 Å². The summed E-state index contributed by atoms with van der Waals surface area (Å²) < 4.78 is 15.7. The van der Waals surface area contributed by atoms with Gasteiger partial charge in [0.15, 0.2) is 0 Å². The van der Waals surface area contributed by atoms with Crippen LogP contribution in [-0.2, 0) is 7.05 Å². The molecule has 3 rings (SSSR count). The van der Waals surface area contributed by atoms with Gasteiger partial charge in [-0.05, 0) is 29.8 Å². The van der Waals surface area contributed by atoms with Crippen LogP contribution < -0.4 is 0 Å². The summed E-state index contributed by atoms with van der Waals surface area (Å²) in [5.41, 5.74) is 2.73. The van der Waals surface area contributed by atoms with Gasteiger partial charge in [-0.25, -0.2) is 4.39 Å². The highest BCUT2D eigenvalue weighted by molar-refractivity contribution is 5.85. The summed E-state index contributed by atoms with van der Waals surface area (Å²) in [6.45, 7) is 0. The normalized spacial score (nSPS) is 10.9. The molecule has 0 atom stereocenters. The number of benzene rings is 2. The standard InChI is InChI=1S/C15H12FN/c1-17-9-8-12-10-11(6-7-15(12)17)13-4-2-3-5-14(13)16/h2-10H,1H3. The Morgan fingerprint density at radius 3 is 2.65 bits per heavy atom. The number of aryl methyl sites for hydroxylation is 1. The van der Waals surface area contributed by atoms with E-state index in [0.29, 0.717) is 5.56 Å². The summed E-state index contributed by atoms with van der Waals surface area (Å²) in [5.74, 6) is -0.178. The predicted molar refractivity (Wildman–Crippen MR) is 68.3 cm³/mol. The van der Waals surface area contributed by atoms with Gasteiger partial charge in [0.1, 0.15) is 5.82 Å². The van der Waals surface area contributed by atoms with E-state index in [2.05, 4.69) is 4.57 Å². The number of fused-ring (bicyclic) bond motifs is 1. The molecule has 0 spiro atoms. The topological polar surface area (TPSA) is 4.93 Å². The highest BCUT2D eigenvalue weighted by Crippen LogP contribution is 2.26. The fourth-order valence-electron chi connectivity index (χ4n) is 2.14. The van der Waals surface area contributed by atoms with E-state index in [-0.39, 0.29) is 5.82 Å². The Morgan fingerprint density at radius 2 is 1.82 bits per heavy atom. The molecule has 0 amide bonds. The van der Waals surface area contributed by atoms with Gasteiger partial charge in [-0.3, -0.25) is 0 Å². The Bertz CT molecular complexity index is 682. The Morgan fingerprint density at radius 1 is 1.00 bits per heavy atom. The molecule has 1 nitrogen and oxygen atoms in total. The Labute approximate surface area is 99.1 Å². The fraction of sp³-hybridized carbons (Fsp3) is 0.0667. The molecule has 0 unspecified atom stereocenters. The molecule has 0 aliphatic carbocycles. The van der Waals surface area contributed by atoms with Crippen LogP contribution in [0.15, 0.2) is 54.7 Å². The average molecular weight is 225 g/mol. The van der Waals surface area contributed by atoms with Gasteiger partial charge in [-0.2, -0.15) is 0 Å². The number of aromatic nitrogens is 1. The lowest BCUT2D eigenvalue weighted by atomic mass is 10.0. The fourth-order valence-corrected chi connectivity index (χ4v) is 2.14. The molecule has 17 heavy (non-hydrogen) atoms. The van der Waals surface area contributed by atoms with E-state index < -0.39 is 0 Å². The van der Waals surface area contributed by atoms with Gasteiger partial charge in [0.05, 0.1) is 0 Å². The molecule has 1 aromatic heterocycles. The van der Waals surface area contributed by atoms with E-state index in [4.69, 9.17) is 0 Å². The van der Waals surface area contributed by atoms with Crippen molar-refractivity contribution in [3.8, 4) is 11.1 Å². The highest BCUT2D eigenvalue weighted by Gasteiger charge is 2.05.